The second-order valence-corrected chi connectivity index (χ2v) is 5.73. The summed E-state index contributed by atoms with van der Waals surface area (Å²) in [6.45, 7) is 11.3. The molecule has 0 amide bonds. The zero-order valence-corrected chi connectivity index (χ0v) is 11.0. The Morgan fingerprint density at radius 2 is 1.67 bits per heavy atom. The van der Waals surface area contributed by atoms with Gasteiger partial charge in [-0.3, -0.25) is 0 Å². The van der Waals surface area contributed by atoms with Crippen molar-refractivity contribution in [2.24, 2.45) is 11.3 Å². The van der Waals surface area contributed by atoms with Crippen LogP contribution in [0.3, 0.4) is 0 Å². The number of hydrogen-bond acceptors (Lipinski definition) is 2. The topological polar surface area (TPSA) is 32.3 Å². The van der Waals surface area contributed by atoms with Crippen LogP contribution in [0.1, 0.15) is 53.4 Å². The molecule has 1 aliphatic heterocycles. The van der Waals surface area contributed by atoms with E-state index in [4.69, 9.17) is 5.11 Å². The van der Waals surface area contributed by atoms with Crippen LogP contribution in [0.2, 0.25) is 0 Å². The van der Waals surface area contributed by atoms with Crippen LogP contribution in [0.15, 0.2) is 0 Å². The molecule has 1 fully saturated rings. The van der Waals surface area contributed by atoms with Gasteiger partial charge in [0.25, 0.3) is 0 Å². The van der Waals surface area contributed by atoms with Crippen molar-refractivity contribution >= 4 is 0 Å². The Bertz CT molecular complexity index is 128. The second-order valence-electron chi connectivity index (χ2n) is 5.73. The van der Waals surface area contributed by atoms with Crippen molar-refractivity contribution in [3.8, 4) is 0 Å². The molecular formula is C13H29NO. The zero-order chi connectivity index (χ0) is 11.7. The van der Waals surface area contributed by atoms with Gasteiger partial charge in [0.2, 0.25) is 0 Å². The molecule has 1 heterocycles. The number of aliphatic hydroxyl groups excluding tert-OH is 1. The summed E-state index contributed by atoms with van der Waals surface area (Å²) in [4.78, 5) is 0. The lowest BCUT2D eigenvalue weighted by Crippen LogP contribution is -2.21. The predicted molar refractivity (Wildman–Crippen MR) is 67.0 cm³/mol. The minimum atomic E-state index is 0.119. The van der Waals surface area contributed by atoms with Gasteiger partial charge in [0.1, 0.15) is 0 Å². The largest absolute Gasteiger partial charge is 0.396 e. The molecule has 0 bridgehead atoms. The average Bonchev–Trinajstić information content (AvgIpc) is 2.20. The highest BCUT2D eigenvalue weighted by molar-refractivity contribution is 4.67. The Morgan fingerprint density at radius 3 is 1.80 bits per heavy atom. The number of rotatable bonds is 3. The number of hydrogen-bond donors (Lipinski definition) is 2. The van der Waals surface area contributed by atoms with Crippen molar-refractivity contribution in [1.29, 1.82) is 0 Å². The third-order valence-corrected chi connectivity index (χ3v) is 2.60. The van der Waals surface area contributed by atoms with Crippen LogP contribution in [0.5, 0.6) is 0 Å². The van der Waals surface area contributed by atoms with E-state index in [-0.39, 0.29) is 5.41 Å². The molecule has 2 nitrogen and oxygen atoms in total. The summed E-state index contributed by atoms with van der Waals surface area (Å²) in [7, 11) is 0. The molecule has 2 N–H and O–H groups in total. The molecule has 0 saturated carbocycles. The molecule has 0 aliphatic carbocycles. The van der Waals surface area contributed by atoms with Crippen LogP contribution in [0.25, 0.3) is 0 Å². The van der Waals surface area contributed by atoms with Crippen molar-refractivity contribution in [2.45, 2.75) is 53.4 Å². The van der Waals surface area contributed by atoms with Gasteiger partial charge in [-0.2, -0.15) is 0 Å². The maximum Gasteiger partial charge on any atom is 0.0482 e. The van der Waals surface area contributed by atoms with Crippen molar-refractivity contribution < 1.29 is 5.11 Å². The van der Waals surface area contributed by atoms with Gasteiger partial charge >= 0.3 is 0 Å². The van der Waals surface area contributed by atoms with Crippen molar-refractivity contribution in [1.82, 2.24) is 5.32 Å². The Labute approximate surface area is 95.5 Å². The Kier molecular flexibility index (Phi) is 8.07. The second kappa shape index (κ2) is 8.12. The molecule has 1 saturated heterocycles. The molecule has 0 radical (unpaired) electrons. The first-order chi connectivity index (χ1) is 6.98. The van der Waals surface area contributed by atoms with E-state index < -0.39 is 0 Å². The van der Waals surface area contributed by atoms with Gasteiger partial charge in [-0.15, -0.1) is 0 Å². The first-order valence-corrected chi connectivity index (χ1v) is 6.29. The highest BCUT2D eigenvalue weighted by Crippen LogP contribution is 2.23. The summed E-state index contributed by atoms with van der Waals surface area (Å²) in [6, 6.07) is 0. The third kappa shape index (κ3) is 10.2. The highest BCUT2D eigenvalue weighted by Gasteiger charge is 2.17. The smallest absolute Gasteiger partial charge is 0.0482 e. The monoisotopic (exact) mass is 215 g/mol. The van der Waals surface area contributed by atoms with Gasteiger partial charge in [-0.25, -0.2) is 0 Å². The summed E-state index contributed by atoms with van der Waals surface area (Å²) < 4.78 is 0. The van der Waals surface area contributed by atoms with Crippen LogP contribution in [-0.4, -0.2) is 24.8 Å². The first kappa shape index (κ1) is 14.9. The molecule has 0 aromatic rings. The molecular weight excluding hydrogens is 186 g/mol. The van der Waals surface area contributed by atoms with Gasteiger partial charge in [0.05, 0.1) is 0 Å². The van der Waals surface area contributed by atoms with Crippen LogP contribution >= 0.6 is 0 Å². The summed E-state index contributed by atoms with van der Waals surface area (Å²) in [6.07, 6.45) is 5.32. The fourth-order valence-electron chi connectivity index (χ4n) is 1.97. The van der Waals surface area contributed by atoms with Gasteiger partial charge in [0, 0.05) is 6.61 Å². The Hall–Kier alpha value is -0.0800. The van der Waals surface area contributed by atoms with E-state index in [2.05, 4.69) is 33.0 Å². The van der Waals surface area contributed by atoms with E-state index in [1.807, 2.05) is 0 Å². The highest BCUT2D eigenvalue weighted by atomic mass is 16.3. The molecule has 0 spiro atoms. The fourth-order valence-corrected chi connectivity index (χ4v) is 1.97. The minimum Gasteiger partial charge on any atom is -0.396 e. The van der Waals surface area contributed by atoms with Crippen molar-refractivity contribution in [3.05, 3.63) is 0 Å². The predicted octanol–water partition coefficient (Wildman–Crippen LogP) is 2.81. The van der Waals surface area contributed by atoms with E-state index in [9.17, 15) is 0 Å². The van der Waals surface area contributed by atoms with E-state index in [1.165, 1.54) is 32.4 Å². The zero-order valence-electron chi connectivity index (χ0n) is 11.0. The lowest BCUT2D eigenvalue weighted by molar-refractivity contribution is 0.136. The normalized spacial score (nSPS) is 17.2. The minimum absolute atomic E-state index is 0.119. The Morgan fingerprint density at radius 1 is 1.13 bits per heavy atom. The molecule has 15 heavy (non-hydrogen) atoms. The van der Waals surface area contributed by atoms with E-state index >= 15 is 0 Å². The Balaban J connectivity index is 0.000000280. The molecule has 92 valence electrons. The average molecular weight is 215 g/mol. The maximum absolute atomic E-state index is 8.84. The summed E-state index contributed by atoms with van der Waals surface area (Å²) in [5, 5.41) is 12.1. The quantitative estimate of drug-likeness (QED) is 0.759. The standard InChI is InChI=1S/C8H18O.C5H11N/c1-7(2)5-8(3,4)6-9;1-2-4-6-5-3-1/h7,9H,5-6H2,1-4H3;6H,1-5H2. The third-order valence-electron chi connectivity index (χ3n) is 2.60. The molecule has 0 atom stereocenters. The van der Waals surface area contributed by atoms with Crippen LogP contribution in [0.4, 0.5) is 0 Å². The fraction of sp³-hybridized carbons (Fsp3) is 1.00. The summed E-state index contributed by atoms with van der Waals surface area (Å²) in [5.41, 5.74) is 0.119. The van der Waals surface area contributed by atoms with Gasteiger partial charge in [-0.05, 0) is 43.7 Å². The van der Waals surface area contributed by atoms with E-state index in [0.717, 1.165) is 6.42 Å². The molecule has 2 heteroatoms. The molecule has 1 aliphatic rings. The maximum atomic E-state index is 8.84. The molecule has 0 aromatic heterocycles. The SMILES string of the molecule is C1CCNCC1.CC(C)CC(C)(C)CO. The van der Waals surface area contributed by atoms with Crippen molar-refractivity contribution in [2.75, 3.05) is 19.7 Å². The van der Waals surface area contributed by atoms with Crippen molar-refractivity contribution in [3.63, 3.8) is 0 Å². The van der Waals surface area contributed by atoms with Crippen LogP contribution in [-0.2, 0) is 0 Å². The number of aliphatic hydroxyl groups is 1. The number of piperidine rings is 1. The van der Waals surface area contributed by atoms with Crippen LogP contribution in [0, 0.1) is 11.3 Å². The molecule has 1 rings (SSSR count). The molecule has 0 aromatic carbocycles. The van der Waals surface area contributed by atoms with Gasteiger partial charge < -0.3 is 10.4 Å². The van der Waals surface area contributed by atoms with E-state index in [0.29, 0.717) is 12.5 Å². The summed E-state index contributed by atoms with van der Waals surface area (Å²) in [5.74, 6) is 0.687. The summed E-state index contributed by atoms with van der Waals surface area (Å²) >= 11 is 0. The first-order valence-electron chi connectivity index (χ1n) is 6.29. The lowest BCUT2D eigenvalue weighted by atomic mass is 9.85. The number of nitrogens with one attached hydrogen (secondary N) is 1. The molecule has 0 unspecified atom stereocenters. The van der Waals surface area contributed by atoms with Gasteiger partial charge in [0.15, 0.2) is 0 Å². The van der Waals surface area contributed by atoms with E-state index in [1.54, 1.807) is 0 Å². The van der Waals surface area contributed by atoms with Crippen LogP contribution < -0.4 is 5.32 Å². The van der Waals surface area contributed by atoms with Gasteiger partial charge in [-0.1, -0.05) is 34.1 Å². The lowest BCUT2D eigenvalue weighted by Gasteiger charge is -2.23.